The van der Waals surface area contributed by atoms with Gasteiger partial charge in [-0.1, -0.05) is 26.7 Å². The van der Waals surface area contributed by atoms with Crippen LogP contribution < -0.4 is 0 Å². The predicted molar refractivity (Wildman–Crippen MR) is 83.5 cm³/mol. The topological polar surface area (TPSA) is 55.1 Å². The van der Waals surface area contributed by atoms with Crippen LogP contribution in [-0.4, -0.2) is 20.9 Å². The van der Waals surface area contributed by atoms with E-state index in [4.69, 9.17) is 0 Å². The monoisotopic (exact) mass is 292 g/mol. The van der Waals surface area contributed by atoms with E-state index in [0.29, 0.717) is 5.92 Å². The maximum Gasteiger partial charge on any atom is 0.308 e. The van der Waals surface area contributed by atoms with Crippen LogP contribution in [0, 0.1) is 25.7 Å². The fourth-order valence-electron chi connectivity index (χ4n) is 3.99. The summed E-state index contributed by atoms with van der Waals surface area (Å²) in [5, 5.41) is 14.3. The van der Waals surface area contributed by atoms with Crippen LogP contribution in [-0.2, 0) is 11.2 Å². The van der Waals surface area contributed by atoms with Crippen LogP contribution in [0.2, 0.25) is 0 Å². The molecule has 3 unspecified atom stereocenters. The summed E-state index contributed by atoms with van der Waals surface area (Å²) in [4.78, 5) is 11.6. The minimum absolute atomic E-state index is 0.0202. The van der Waals surface area contributed by atoms with Crippen molar-refractivity contribution in [2.45, 2.75) is 72.3 Å². The first-order valence-electron chi connectivity index (χ1n) is 8.26. The Kier molecular flexibility index (Phi) is 5.07. The van der Waals surface area contributed by atoms with Crippen molar-refractivity contribution in [3.63, 3.8) is 0 Å². The van der Waals surface area contributed by atoms with Crippen molar-refractivity contribution in [2.75, 3.05) is 0 Å². The lowest BCUT2D eigenvalue weighted by Gasteiger charge is -2.34. The van der Waals surface area contributed by atoms with Gasteiger partial charge in [0, 0.05) is 5.69 Å². The maximum absolute atomic E-state index is 11.6. The van der Waals surface area contributed by atoms with Crippen molar-refractivity contribution in [3.05, 3.63) is 17.0 Å². The number of carboxylic acid groups (broad SMARTS) is 1. The molecule has 1 aliphatic rings. The molecule has 1 saturated carbocycles. The third-order valence-electron chi connectivity index (χ3n) is 5.08. The van der Waals surface area contributed by atoms with Crippen LogP contribution in [0.3, 0.4) is 0 Å². The number of hydrogen-bond acceptors (Lipinski definition) is 2. The average Bonchev–Trinajstić information content (AvgIpc) is 2.73. The van der Waals surface area contributed by atoms with E-state index >= 15 is 0 Å². The van der Waals surface area contributed by atoms with E-state index < -0.39 is 5.97 Å². The molecule has 0 spiro atoms. The van der Waals surface area contributed by atoms with Crippen LogP contribution in [0.25, 0.3) is 0 Å². The minimum atomic E-state index is -0.666. The largest absolute Gasteiger partial charge is 0.481 e. The normalized spacial score (nSPS) is 26.0. The summed E-state index contributed by atoms with van der Waals surface area (Å²) in [6.07, 6.45) is 6.11. The molecule has 118 valence electrons. The standard InChI is InChI=1S/C17H28N2O2/c1-5-7-13-8-9-15(17(20)21)16(10-13)19-12(4)14(6-2)11(3)18-19/h13,15-16H,5-10H2,1-4H3,(H,20,21). The van der Waals surface area contributed by atoms with Crippen molar-refractivity contribution in [1.29, 1.82) is 0 Å². The number of aryl methyl sites for hydroxylation is 1. The van der Waals surface area contributed by atoms with Gasteiger partial charge in [-0.2, -0.15) is 5.10 Å². The van der Waals surface area contributed by atoms with Gasteiger partial charge >= 0.3 is 5.97 Å². The van der Waals surface area contributed by atoms with Gasteiger partial charge in [0.05, 0.1) is 17.7 Å². The molecule has 0 saturated heterocycles. The van der Waals surface area contributed by atoms with E-state index in [9.17, 15) is 9.90 Å². The molecule has 1 aliphatic carbocycles. The van der Waals surface area contributed by atoms with Gasteiger partial charge in [0.1, 0.15) is 0 Å². The number of nitrogens with zero attached hydrogens (tertiary/aromatic N) is 2. The van der Waals surface area contributed by atoms with Crippen LogP contribution in [0.1, 0.15) is 68.9 Å². The van der Waals surface area contributed by atoms with E-state index in [2.05, 4.69) is 25.9 Å². The third-order valence-corrected chi connectivity index (χ3v) is 5.08. The zero-order valence-corrected chi connectivity index (χ0v) is 13.7. The molecule has 1 fully saturated rings. The van der Waals surface area contributed by atoms with Gasteiger partial charge in [0.2, 0.25) is 0 Å². The van der Waals surface area contributed by atoms with E-state index in [1.54, 1.807) is 0 Å². The fraction of sp³-hybridized carbons (Fsp3) is 0.765. The molecule has 1 heterocycles. The van der Waals surface area contributed by atoms with Crippen LogP contribution in [0.4, 0.5) is 0 Å². The van der Waals surface area contributed by atoms with Crippen molar-refractivity contribution >= 4 is 5.97 Å². The molecule has 2 rings (SSSR count). The number of carbonyl (C=O) groups is 1. The van der Waals surface area contributed by atoms with Gasteiger partial charge in [0.25, 0.3) is 0 Å². The van der Waals surface area contributed by atoms with E-state index in [1.807, 2.05) is 11.6 Å². The molecular formula is C17H28N2O2. The van der Waals surface area contributed by atoms with Crippen LogP contribution in [0.5, 0.6) is 0 Å². The molecule has 1 aromatic rings. The Hall–Kier alpha value is -1.32. The second-order valence-corrected chi connectivity index (χ2v) is 6.43. The molecule has 1 N–H and O–H groups in total. The molecule has 21 heavy (non-hydrogen) atoms. The predicted octanol–water partition coefficient (Wildman–Crippen LogP) is 3.90. The Bertz CT molecular complexity index is 507. The van der Waals surface area contributed by atoms with Gasteiger partial charge < -0.3 is 5.11 Å². The van der Waals surface area contributed by atoms with Gasteiger partial charge in [-0.15, -0.1) is 0 Å². The molecular weight excluding hydrogens is 264 g/mol. The Labute approximate surface area is 127 Å². The summed E-state index contributed by atoms with van der Waals surface area (Å²) in [7, 11) is 0. The Balaban J connectivity index is 2.33. The number of aliphatic carboxylic acids is 1. The summed E-state index contributed by atoms with van der Waals surface area (Å²) >= 11 is 0. The molecule has 0 aliphatic heterocycles. The lowest BCUT2D eigenvalue weighted by atomic mass is 9.76. The molecule has 0 aromatic carbocycles. The van der Waals surface area contributed by atoms with Crippen LogP contribution >= 0.6 is 0 Å². The summed E-state index contributed by atoms with van der Waals surface area (Å²) < 4.78 is 2.02. The number of carboxylic acids is 1. The molecule has 3 atom stereocenters. The first-order chi connectivity index (χ1) is 9.99. The van der Waals surface area contributed by atoms with Gasteiger partial charge in [-0.3, -0.25) is 9.48 Å². The van der Waals surface area contributed by atoms with Crippen molar-refractivity contribution in [1.82, 2.24) is 9.78 Å². The molecule has 0 amide bonds. The summed E-state index contributed by atoms with van der Waals surface area (Å²) in [5.41, 5.74) is 3.48. The zero-order valence-electron chi connectivity index (χ0n) is 13.7. The highest BCUT2D eigenvalue weighted by Gasteiger charge is 2.37. The Morgan fingerprint density at radius 1 is 1.33 bits per heavy atom. The van der Waals surface area contributed by atoms with Gasteiger partial charge in [0.15, 0.2) is 0 Å². The van der Waals surface area contributed by atoms with Crippen molar-refractivity contribution in [2.24, 2.45) is 11.8 Å². The summed E-state index contributed by atoms with van der Waals surface area (Å²) in [6.45, 7) is 8.46. The molecule has 4 heteroatoms. The van der Waals surface area contributed by atoms with Crippen molar-refractivity contribution in [3.8, 4) is 0 Å². The molecule has 1 aromatic heterocycles. The van der Waals surface area contributed by atoms with E-state index in [0.717, 1.165) is 37.1 Å². The molecule has 4 nitrogen and oxygen atoms in total. The number of rotatable bonds is 5. The molecule has 0 bridgehead atoms. The molecule has 0 radical (unpaired) electrons. The zero-order chi connectivity index (χ0) is 15.6. The lowest BCUT2D eigenvalue weighted by molar-refractivity contribution is -0.145. The average molecular weight is 292 g/mol. The summed E-state index contributed by atoms with van der Waals surface area (Å²) in [6, 6.07) is 0.0202. The SMILES string of the molecule is CCCC1CCC(C(=O)O)C(n2nc(C)c(CC)c2C)C1. The first-order valence-corrected chi connectivity index (χ1v) is 8.26. The smallest absolute Gasteiger partial charge is 0.308 e. The summed E-state index contributed by atoms with van der Waals surface area (Å²) in [5.74, 6) is -0.314. The number of aromatic nitrogens is 2. The fourth-order valence-corrected chi connectivity index (χ4v) is 3.99. The second-order valence-electron chi connectivity index (χ2n) is 6.43. The minimum Gasteiger partial charge on any atom is -0.481 e. The quantitative estimate of drug-likeness (QED) is 0.895. The van der Waals surface area contributed by atoms with Gasteiger partial charge in [-0.05, 0) is 51.0 Å². The second kappa shape index (κ2) is 6.63. The third kappa shape index (κ3) is 3.14. The highest BCUT2D eigenvalue weighted by molar-refractivity contribution is 5.70. The number of hydrogen-bond donors (Lipinski definition) is 1. The highest BCUT2D eigenvalue weighted by Crippen LogP contribution is 2.40. The lowest BCUT2D eigenvalue weighted by Crippen LogP contribution is -2.33. The van der Waals surface area contributed by atoms with E-state index in [1.165, 1.54) is 18.4 Å². The first kappa shape index (κ1) is 16.1. The Morgan fingerprint density at radius 3 is 2.57 bits per heavy atom. The highest BCUT2D eigenvalue weighted by atomic mass is 16.4. The maximum atomic E-state index is 11.6. The van der Waals surface area contributed by atoms with E-state index in [-0.39, 0.29) is 12.0 Å². The van der Waals surface area contributed by atoms with Crippen LogP contribution in [0.15, 0.2) is 0 Å². The van der Waals surface area contributed by atoms with Gasteiger partial charge in [-0.25, -0.2) is 0 Å². The Morgan fingerprint density at radius 2 is 2.05 bits per heavy atom. The van der Waals surface area contributed by atoms with Crippen molar-refractivity contribution < 1.29 is 9.90 Å².